The van der Waals surface area contributed by atoms with E-state index in [0.717, 1.165) is 32.4 Å². The van der Waals surface area contributed by atoms with Gasteiger partial charge < -0.3 is 10.1 Å². The molecular weight excluding hydrogens is 276 g/mol. The number of nitrogens with one attached hydrogen (secondary N) is 1. The number of rotatable bonds is 3. The Balaban J connectivity index is 1.61. The van der Waals surface area contributed by atoms with Crippen LogP contribution in [0.15, 0.2) is 30.3 Å². The molecule has 4 heteroatoms. The summed E-state index contributed by atoms with van der Waals surface area (Å²) < 4.78 is 5.43. The Morgan fingerprint density at radius 3 is 2.77 bits per heavy atom. The van der Waals surface area contributed by atoms with Crippen LogP contribution >= 0.6 is 0 Å². The van der Waals surface area contributed by atoms with Crippen molar-refractivity contribution in [2.75, 3.05) is 6.54 Å². The average molecular weight is 302 g/mol. The van der Waals surface area contributed by atoms with Gasteiger partial charge in [0.15, 0.2) is 0 Å². The number of fused-ring (bicyclic) bond motifs is 2. The van der Waals surface area contributed by atoms with E-state index in [1.54, 1.807) is 0 Å². The number of hydrogen-bond donors (Lipinski definition) is 1. The van der Waals surface area contributed by atoms with E-state index in [0.29, 0.717) is 6.04 Å². The molecule has 22 heavy (non-hydrogen) atoms. The Kier molecular flexibility index (Phi) is 3.89. The molecule has 0 unspecified atom stereocenters. The number of hydrogen-bond acceptors (Lipinski definition) is 3. The summed E-state index contributed by atoms with van der Waals surface area (Å²) in [6.45, 7) is 7.59. The quantitative estimate of drug-likeness (QED) is 0.931. The van der Waals surface area contributed by atoms with Crippen molar-refractivity contribution in [3.63, 3.8) is 0 Å². The summed E-state index contributed by atoms with van der Waals surface area (Å²) >= 11 is 0. The average Bonchev–Trinajstić information content (AvgIpc) is 2.94. The molecule has 1 amide bonds. The molecule has 0 radical (unpaired) electrons. The summed E-state index contributed by atoms with van der Waals surface area (Å²) in [5.74, 6) is 0. The fraction of sp³-hybridized carbons (Fsp3) is 0.611. The maximum absolute atomic E-state index is 12.1. The third-order valence-electron chi connectivity index (χ3n) is 4.60. The van der Waals surface area contributed by atoms with Gasteiger partial charge in [-0.3, -0.25) is 4.90 Å². The largest absolute Gasteiger partial charge is 0.444 e. The topological polar surface area (TPSA) is 41.6 Å². The normalized spacial score (nSPS) is 27.9. The van der Waals surface area contributed by atoms with Crippen molar-refractivity contribution in [3.8, 4) is 0 Å². The number of benzene rings is 1. The molecule has 1 N–H and O–H groups in total. The van der Waals surface area contributed by atoms with Crippen molar-refractivity contribution in [3.05, 3.63) is 35.9 Å². The van der Waals surface area contributed by atoms with Gasteiger partial charge >= 0.3 is 6.09 Å². The second-order valence-corrected chi connectivity index (χ2v) is 7.69. The van der Waals surface area contributed by atoms with Gasteiger partial charge in [-0.2, -0.15) is 0 Å². The van der Waals surface area contributed by atoms with Crippen molar-refractivity contribution in [1.29, 1.82) is 0 Å². The molecule has 1 aromatic carbocycles. The number of alkyl carbamates (subject to hydrolysis) is 1. The summed E-state index contributed by atoms with van der Waals surface area (Å²) in [6, 6.07) is 11.1. The molecule has 0 aromatic heterocycles. The number of ether oxygens (including phenoxy) is 1. The number of piperidine rings is 1. The Morgan fingerprint density at radius 2 is 2.09 bits per heavy atom. The Hall–Kier alpha value is -1.55. The maximum atomic E-state index is 12.1. The highest BCUT2D eigenvalue weighted by atomic mass is 16.6. The van der Waals surface area contributed by atoms with Gasteiger partial charge in [-0.15, -0.1) is 0 Å². The molecule has 2 atom stereocenters. The zero-order valence-corrected chi connectivity index (χ0v) is 13.8. The molecule has 1 aliphatic heterocycles. The van der Waals surface area contributed by atoms with Gasteiger partial charge in [-0.1, -0.05) is 30.3 Å². The van der Waals surface area contributed by atoms with Crippen molar-refractivity contribution in [1.82, 2.24) is 10.2 Å². The highest BCUT2D eigenvalue weighted by Gasteiger charge is 2.50. The molecule has 4 nitrogen and oxygen atoms in total. The molecule has 1 saturated carbocycles. The van der Waals surface area contributed by atoms with Crippen LogP contribution in [0.4, 0.5) is 4.79 Å². The fourth-order valence-corrected chi connectivity index (χ4v) is 3.75. The Labute approximate surface area is 132 Å². The number of carbonyl (C=O) groups is 1. The summed E-state index contributed by atoms with van der Waals surface area (Å²) in [6.07, 6.45) is 2.97. The first-order valence-corrected chi connectivity index (χ1v) is 8.14. The first-order valence-electron chi connectivity index (χ1n) is 8.14. The molecule has 3 rings (SSSR count). The molecule has 120 valence electrons. The van der Waals surface area contributed by atoms with Gasteiger partial charge in [0.2, 0.25) is 0 Å². The van der Waals surface area contributed by atoms with Crippen LogP contribution in [0.1, 0.15) is 45.6 Å². The van der Waals surface area contributed by atoms with E-state index >= 15 is 0 Å². The van der Waals surface area contributed by atoms with Crippen molar-refractivity contribution >= 4 is 6.09 Å². The van der Waals surface area contributed by atoms with Crippen molar-refractivity contribution < 1.29 is 9.53 Å². The van der Waals surface area contributed by atoms with E-state index in [-0.39, 0.29) is 11.6 Å². The van der Waals surface area contributed by atoms with Crippen LogP contribution in [0.2, 0.25) is 0 Å². The second-order valence-electron chi connectivity index (χ2n) is 7.69. The number of likely N-dealkylation sites (tertiary alicyclic amines) is 1. The van der Waals surface area contributed by atoms with Crippen LogP contribution in [-0.2, 0) is 11.3 Å². The summed E-state index contributed by atoms with van der Waals surface area (Å²) in [5.41, 5.74) is 0.797. The minimum absolute atomic E-state index is 0.0955. The van der Waals surface area contributed by atoms with Crippen LogP contribution < -0.4 is 5.32 Å². The lowest BCUT2D eigenvalue weighted by Gasteiger charge is -2.34. The van der Waals surface area contributed by atoms with Crippen LogP contribution in [0.25, 0.3) is 0 Å². The lowest BCUT2D eigenvalue weighted by Crippen LogP contribution is -2.52. The SMILES string of the molecule is CC(C)(C)OC(=O)N[C@@]12CC[C@@H](C1)N(Cc1ccccc1)C2. The zero-order chi connectivity index (χ0) is 15.8. The lowest BCUT2D eigenvalue weighted by molar-refractivity contribution is 0.0446. The smallest absolute Gasteiger partial charge is 0.408 e. The number of amides is 1. The zero-order valence-electron chi connectivity index (χ0n) is 13.8. The van der Waals surface area contributed by atoms with Gasteiger partial charge in [0.05, 0.1) is 5.54 Å². The lowest BCUT2D eigenvalue weighted by atomic mass is 9.99. The molecule has 1 saturated heterocycles. The monoisotopic (exact) mass is 302 g/mol. The Bertz CT molecular complexity index is 538. The molecule has 2 fully saturated rings. The highest BCUT2D eigenvalue weighted by Crippen LogP contribution is 2.41. The first-order chi connectivity index (χ1) is 10.4. The molecule has 1 aromatic rings. The minimum Gasteiger partial charge on any atom is -0.444 e. The molecule has 1 heterocycles. The maximum Gasteiger partial charge on any atom is 0.408 e. The first kappa shape index (κ1) is 15.3. The minimum atomic E-state index is -0.443. The van der Waals surface area contributed by atoms with E-state index in [9.17, 15) is 4.79 Å². The summed E-state index contributed by atoms with van der Waals surface area (Å²) in [5, 5.41) is 3.15. The third kappa shape index (κ3) is 3.43. The number of carbonyl (C=O) groups excluding carboxylic acids is 1. The van der Waals surface area contributed by atoms with Gasteiger partial charge in [0.1, 0.15) is 5.60 Å². The molecule has 2 bridgehead atoms. The van der Waals surface area contributed by atoms with Gasteiger partial charge in [0, 0.05) is 19.1 Å². The predicted octanol–water partition coefficient (Wildman–Crippen LogP) is 3.32. The summed E-state index contributed by atoms with van der Waals surface area (Å²) in [7, 11) is 0. The predicted molar refractivity (Wildman–Crippen MR) is 86.6 cm³/mol. The van der Waals surface area contributed by atoms with Crippen molar-refractivity contribution in [2.24, 2.45) is 0 Å². The van der Waals surface area contributed by atoms with Crippen molar-refractivity contribution in [2.45, 2.75) is 63.8 Å². The van der Waals surface area contributed by atoms with E-state index in [1.807, 2.05) is 26.8 Å². The van der Waals surface area contributed by atoms with Gasteiger partial charge in [-0.25, -0.2) is 4.79 Å². The summed E-state index contributed by atoms with van der Waals surface area (Å²) in [4.78, 5) is 14.6. The van der Waals surface area contributed by atoms with E-state index in [4.69, 9.17) is 4.74 Å². The molecule has 0 spiro atoms. The van der Waals surface area contributed by atoms with E-state index < -0.39 is 5.60 Å². The van der Waals surface area contributed by atoms with Crippen LogP contribution in [0.5, 0.6) is 0 Å². The van der Waals surface area contributed by atoms with Gasteiger partial charge in [-0.05, 0) is 45.6 Å². The number of nitrogens with zero attached hydrogens (tertiary/aromatic N) is 1. The van der Waals surface area contributed by atoms with E-state index in [1.165, 1.54) is 5.56 Å². The second kappa shape index (κ2) is 5.58. The van der Waals surface area contributed by atoms with Gasteiger partial charge in [0.25, 0.3) is 0 Å². The third-order valence-corrected chi connectivity index (χ3v) is 4.60. The fourth-order valence-electron chi connectivity index (χ4n) is 3.75. The van der Waals surface area contributed by atoms with Crippen LogP contribution in [0, 0.1) is 0 Å². The molecular formula is C18H26N2O2. The standard InChI is InChI=1S/C18H26N2O2/c1-17(2,3)22-16(21)19-18-10-9-15(11-18)20(13-18)12-14-7-5-4-6-8-14/h4-8,15H,9-13H2,1-3H3,(H,19,21)/t15-,18-/m0/s1. The Morgan fingerprint density at radius 1 is 1.36 bits per heavy atom. The molecule has 2 aliphatic rings. The van der Waals surface area contributed by atoms with Crippen LogP contribution in [0.3, 0.4) is 0 Å². The van der Waals surface area contributed by atoms with E-state index in [2.05, 4.69) is 34.5 Å². The highest BCUT2D eigenvalue weighted by molar-refractivity contribution is 5.69. The van der Waals surface area contributed by atoms with Crippen LogP contribution in [-0.4, -0.2) is 34.7 Å². The molecule has 1 aliphatic carbocycles.